The molecule has 34 heavy (non-hydrogen) atoms. The van der Waals surface area contributed by atoms with Crippen LogP contribution in [0.3, 0.4) is 0 Å². The SMILES string of the molecule is COc1ccc2c(COC(=O)c3ccc(S(=O)(=O)N4CC(C)OC(C)C4)cc3)cc(=O)oc2c1. The van der Waals surface area contributed by atoms with Crippen molar-refractivity contribution in [1.82, 2.24) is 4.31 Å². The molecule has 2 atom stereocenters. The first-order valence-electron chi connectivity index (χ1n) is 10.7. The van der Waals surface area contributed by atoms with Gasteiger partial charge >= 0.3 is 11.6 Å². The number of nitrogens with zero attached hydrogens (tertiary/aromatic N) is 1. The van der Waals surface area contributed by atoms with Crippen LogP contribution in [0.25, 0.3) is 11.0 Å². The standard InChI is InChI=1S/C24H25NO8S/c1-15-12-25(13-16(2)32-15)34(28,29)20-7-4-17(5-8-20)24(27)31-14-18-10-23(26)33-22-11-19(30-3)6-9-21(18)22/h4-11,15-16H,12-14H2,1-3H3. The topological polar surface area (TPSA) is 112 Å². The van der Waals surface area contributed by atoms with Crippen LogP contribution in [0.2, 0.25) is 0 Å². The van der Waals surface area contributed by atoms with Crippen LogP contribution in [0.5, 0.6) is 5.75 Å². The Kier molecular flexibility index (Phi) is 6.74. The van der Waals surface area contributed by atoms with Crippen molar-refractivity contribution in [3.05, 3.63) is 70.1 Å². The fourth-order valence-corrected chi connectivity index (χ4v) is 5.51. The minimum absolute atomic E-state index is 0.0889. The van der Waals surface area contributed by atoms with Gasteiger partial charge in [0.25, 0.3) is 0 Å². The second-order valence-corrected chi connectivity index (χ2v) is 10.1. The molecule has 1 saturated heterocycles. The fourth-order valence-electron chi connectivity index (χ4n) is 3.92. The van der Waals surface area contributed by atoms with E-state index in [9.17, 15) is 18.0 Å². The largest absolute Gasteiger partial charge is 0.497 e. The summed E-state index contributed by atoms with van der Waals surface area (Å²) in [5, 5.41) is 0.614. The molecule has 9 nitrogen and oxygen atoms in total. The molecule has 2 heterocycles. The smallest absolute Gasteiger partial charge is 0.338 e. The number of rotatable bonds is 6. The second kappa shape index (κ2) is 9.57. The molecule has 180 valence electrons. The Morgan fingerprint density at radius 3 is 2.38 bits per heavy atom. The summed E-state index contributed by atoms with van der Waals surface area (Å²) < 4.78 is 48.7. The minimum atomic E-state index is -3.71. The lowest BCUT2D eigenvalue weighted by Gasteiger charge is -2.34. The third-order valence-electron chi connectivity index (χ3n) is 5.51. The number of methoxy groups -OCH3 is 1. The molecule has 1 fully saturated rings. The van der Waals surface area contributed by atoms with E-state index in [-0.39, 0.29) is 42.4 Å². The van der Waals surface area contributed by atoms with Gasteiger partial charge in [0.05, 0.1) is 29.8 Å². The van der Waals surface area contributed by atoms with Crippen LogP contribution in [-0.4, -0.2) is 51.1 Å². The van der Waals surface area contributed by atoms with Crippen LogP contribution in [0.4, 0.5) is 0 Å². The quantitative estimate of drug-likeness (QED) is 0.385. The van der Waals surface area contributed by atoms with Gasteiger partial charge in [-0.1, -0.05) is 0 Å². The Morgan fingerprint density at radius 1 is 1.06 bits per heavy atom. The van der Waals surface area contributed by atoms with Crippen molar-refractivity contribution in [2.45, 2.75) is 37.6 Å². The Morgan fingerprint density at radius 2 is 1.74 bits per heavy atom. The van der Waals surface area contributed by atoms with E-state index in [0.717, 1.165) is 0 Å². The van der Waals surface area contributed by atoms with Gasteiger partial charge in [0.15, 0.2) is 0 Å². The maximum absolute atomic E-state index is 13.0. The molecule has 1 aliphatic rings. The highest BCUT2D eigenvalue weighted by Gasteiger charge is 2.32. The summed E-state index contributed by atoms with van der Waals surface area (Å²) in [7, 11) is -2.21. The van der Waals surface area contributed by atoms with Crippen molar-refractivity contribution >= 4 is 27.0 Å². The first-order chi connectivity index (χ1) is 16.2. The maximum atomic E-state index is 13.0. The van der Waals surface area contributed by atoms with Crippen molar-refractivity contribution in [1.29, 1.82) is 0 Å². The molecule has 0 amide bonds. The van der Waals surface area contributed by atoms with Gasteiger partial charge in [-0.3, -0.25) is 0 Å². The highest BCUT2D eigenvalue weighted by Crippen LogP contribution is 2.24. The lowest BCUT2D eigenvalue weighted by atomic mass is 10.1. The number of morpholine rings is 1. The lowest BCUT2D eigenvalue weighted by Crippen LogP contribution is -2.48. The third kappa shape index (κ3) is 4.98. The van der Waals surface area contributed by atoms with E-state index in [0.29, 0.717) is 22.3 Å². The molecular weight excluding hydrogens is 462 g/mol. The normalized spacial score (nSPS) is 19.1. The van der Waals surface area contributed by atoms with Crippen molar-refractivity contribution in [3.63, 3.8) is 0 Å². The number of ether oxygens (including phenoxy) is 3. The number of carbonyl (C=O) groups excluding carboxylic acids is 1. The van der Waals surface area contributed by atoms with E-state index < -0.39 is 21.6 Å². The number of hydrogen-bond acceptors (Lipinski definition) is 8. The molecule has 2 aromatic carbocycles. The van der Waals surface area contributed by atoms with Gasteiger partial charge in [0, 0.05) is 36.2 Å². The zero-order valence-corrected chi connectivity index (χ0v) is 19.8. The Bertz CT molecular complexity index is 1350. The number of carbonyl (C=O) groups is 1. The summed E-state index contributed by atoms with van der Waals surface area (Å²) in [5.74, 6) is -0.117. The predicted octanol–water partition coefficient (Wildman–Crippen LogP) is 2.96. The van der Waals surface area contributed by atoms with Crippen LogP contribution in [-0.2, 0) is 26.1 Å². The van der Waals surface area contributed by atoms with Crippen LogP contribution in [0.15, 0.2) is 62.6 Å². The molecule has 3 aromatic rings. The van der Waals surface area contributed by atoms with Crippen molar-refractivity contribution in [2.24, 2.45) is 0 Å². The van der Waals surface area contributed by atoms with Crippen LogP contribution in [0, 0.1) is 0 Å². The zero-order valence-electron chi connectivity index (χ0n) is 19.0. The maximum Gasteiger partial charge on any atom is 0.338 e. The minimum Gasteiger partial charge on any atom is -0.497 e. The molecule has 2 unspecified atom stereocenters. The molecule has 0 aliphatic carbocycles. The highest BCUT2D eigenvalue weighted by atomic mass is 32.2. The van der Waals surface area contributed by atoms with Crippen LogP contribution >= 0.6 is 0 Å². The van der Waals surface area contributed by atoms with E-state index in [1.807, 2.05) is 13.8 Å². The van der Waals surface area contributed by atoms with E-state index in [2.05, 4.69) is 0 Å². The van der Waals surface area contributed by atoms with Gasteiger partial charge in [-0.15, -0.1) is 0 Å². The van der Waals surface area contributed by atoms with E-state index in [1.54, 1.807) is 18.2 Å². The zero-order chi connectivity index (χ0) is 24.5. The second-order valence-electron chi connectivity index (χ2n) is 8.13. The molecule has 0 spiro atoms. The summed E-state index contributed by atoms with van der Waals surface area (Å²) in [5.41, 5.74) is 0.418. The summed E-state index contributed by atoms with van der Waals surface area (Å²) in [4.78, 5) is 24.6. The first kappa shape index (κ1) is 23.9. The van der Waals surface area contributed by atoms with E-state index in [1.165, 1.54) is 41.7 Å². The average molecular weight is 488 g/mol. The van der Waals surface area contributed by atoms with Gasteiger partial charge < -0.3 is 18.6 Å². The van der Waals surface area contributed by atoms with Crippen molar-refractivity contribution in [3.8, 4) is 5.75 Å². The molecule has 0 radical (unpaired) electrons. The molecule has 0 bridgehead atoms. The van der Waals surface area contributed by atoms with Gasteiger partial charge in [0.2, 0.25) is 10.0 Å². The average Bonchev–Trinajstić information content (AvgIpc) is 2.81. The first-order valence-corrected chi connectivity index (χ1v) is 12.1. The van der Waals surface area contributed by atoms with Gasteiger partial charge in [0.1, 0.15) is 17.9 Å². The molecule has 10 heteroatoms. The summed E-state index contributed by atoms with van der Waals surface area (Å²) in [6.45, 7) is 4.03. The third-order valence-corrected chi connectivity index (χ3v) is 7.36. The predicted molar refractivity (Wildman–Crippen MR) is 123 cm³/mol. The Balaban J connectivity index is 1.48. The number of fused-ring (bicyclic) bond motifs is 1. The number of esters is 1. The monoisotopic (exact) mass is 487 g/mol. The Labute approximate surface area is 196 Å². The molecule has 1 aromatic heterocycles. The van der Waals surface area contributed by atoms with Crippen molar-refractivity contribution in [2.75, 3.05) is 20.2 Å². The molecule has 0 saturated carbocycles. The fraction of sp³-hybridized carbons (Fsp3) is 0.333. The van der Waals surface area contributed by atoms with Gasteiger partial charge in [-0.2, -0.15) is 4.31 Å². The molecule has 0 N–H and O–H groups in total. The highest BCUT2D eigenvalue weighted by molar-refractivity contribution is 7.89. The van der Waals surface area contributed by atoms with Crippen molar-refractivity contribution < 1.29 is 31.8 Å². The summed E-state index contributed by atoms with van der Waals surface area (Å²) in [6.07, 6.45) is -0.407. The van der Waals surface area contributed by atoms with Crippen LogP contribution in [0.1, 0.15) is 29.8 Å². The number of sulfonamides is 1. The molecular formula is C24H25NO8S. The summed E-state index contributed by atoms with van der Waals surface area (Å²) in [6, 6.07) is 11.9. The van der Waals surface area contributed by atoms with Gasteiger partial charge in [-0.05, 0) is 50.2 Å². The molecule has 1 aliphatic heterocycles. The van der Waals surface area contributed by atoms with Gasteiger partial charge in [-0.25, -0.2) is 18.0 Å². The van der Waals surface area contributed by atoms with Crippen LogP contribution < -0.4 is 10.4 Å². The lowest BCUT2D eigenvalue weighted by molar-refractivity contribution is -0.0440. The number of benzene rings is 2. The number of hydrogen-bond donors (Lipinski definition) is 0. The summed E-state index contributed by atoms with van der Waals surface area (Å²) >= 11 is 0. The Hall–Kier alpha value is -3.21. The van der Waals surface area contributed by atoms with E-state index >= 15 is 0 Å². The molecule has 4 rings (SSSR count). The van der Waals surface area contributed by atoms with E-state index in [4.69, 9.17) is 18.6 Å².